The van der Waals surface area contributed by atoms with Crippen LogP contribution in [0.15, 0.2) is 24.3 Å². The number of aryl methyl sites for hydroxylation is 1. The minimum Gasteiger partial charge on any atom is -0.313 e. The molecule has 94 valence electrons. The van der Waals surface area contributed by atoms with Crippen LogP contribution >= 0.6 is 0 Å². The smallest absolute Gasteiger partial charge is 0.0358 e. The van der Waals surface area contributed by atoms with Crippen LogP contribution in [0.25, 0.3) is 0 Å². The molecule has 1 aliphatic rings. The molecule has 2 heteroatoms. The van der Waals surface area contributed by atoms with E-state index in [-0.39, 0.29) is 0 Å². The highest BCUT2D eigenvalue weighted by Crippen LogP contribution is 2.29. The van der Waals surface area contributed by atoms with E-state index < -0.39 is 0 Å². The fourth-order valence-corrected chi connectivity index (χ4v) is 3.02. The van der Waals surface area contributed by atoms with Crippen LogP contribution in [0, 0.1) is 12.8 Å². The minimum absolute atomic E-state index is 0.498. The van der Waals surface area contributed by atoms with Crippen molar-refractivity contribution in [3.05, 3.63) is 35.4 Å². The predicted molar refractivity (Wildman–Crippen MR) is 73.2 cm³/mol. The molecular weight excluding hydrogens is 208 g/mol. The number of piperidine rings is 1. The van der Waals surface area contributed by atoms with Crippen molar-refractivity contribution in [1.82, 2.24) is 10.2 Å². The molecule has 1 aromatic rings. The lowest BCUT2D eigenvalue weighted by molar-refractivity contribution is 0.177. The molecule has 1 aromatic carbocycles. The fraction of sp³-hybridized carbons (Fsp3) is 0.600. The summed E-state index contributed by atoms with van der Waals surface area (Å²) in [6.45, 7) is 4.63. The van der Waals surface area contributed by atoms with Crippen molar-refractivity contribution < 1.29 is 0 Å². The highest BCUT2D eigenvalue weighted by atomic mass is 15.1. The van der Waals surface area contributed by atoms with Crippen LogP contribution in [-0.4, -0.2) is 32.1 Å². The lowest BCUT2D eigenvalue weighted by atomic mass is 9.86. The van der Waals surface area contributed by atoms with Gasteiger partial charge in [0.25, 0.3) is 0 Å². The number of rotatable bonds is 3. The Kier molecular flexibility index (Phi) is 4.19. The number of nitrogens with one attached hydrogen (secondary N) is 1. The molecule has 0 saturated carbocycles. The van der Waals surface area contributed by atoms with Gasteiger partial charge in [-0.2, -0.15) is 0 Å². The lowest BCUT2D eigenvalue weighted by Gasteiger charge is -2.35. The van der Waals surface area contributed by atoms with Gasteiger partial charge in [0.05, 0.1) is 0 Å². The van der Waals surface area contributed by atoms with Gasteiger partial charge in [0.15, 0.2) is 0 Å². The van der Waals surface area contributed by atoms with Crippen molar-refractivity contribution in [3.8, 4) is 0 Å². The Balaban J connectivity index is 2.15. The Morgan fingerprint density at radius 3 is 2.88 bits per heavy atom. The molecule has 2 unspecified atom stereocenters. The van der Waals surface area contributed by atoms with Crippen LogP contribution in [0.1, 0.15) is 30.0 Å². The Labute approximate surface area is 105 Å². The molecule has 0 spiro atoms. The second-order valence-corrected chi connectivity index (χ2v) is 5.35. The van der Waals surface area contributed by atoms with Crippen LogP contribution in [0.5, 0.6) is 0 Å². The van der Waals surface area contributed by atoms with Crippen molar-refractivity contribution in [2.75, 3.05) is 27.2 Å². The first-order valence-electron chi connectivity index (χ1n) is 6.63. The Hall–Kier alpha value is -0.860. The van der Waals surface area contributed by atoms with Crippen LogP contribution in [0.2, 0.25) is 0 Å². The molecule has 1 heterocycles. The summed E-state index contributed by atoms with van der Waals surface area (Å²) in [7, 11) is 4.32. The summed E-state index contributed by atoms with van der Waals surface area (Å²) >= 11 is 0. The van der Waals surface area contributed by atoms with Gasteiger partial charge in [-0.25, -0.2) is 0 Å². The second-order valence-electron chi connectivity index (χ2n) is 5.35. The van der Waals surface area contributed by atoms with Crippen molar-refractivity contribution in [3.63, 3.8) is 0 Å². The first-order valence-corrected chi connectivity index (χ1v) is 6.63. The zero-order chi connectivity index (χ0) is 12.3. The fourth-order valence-electron chi connectivity index (χ4n) is 3.02. The van der Waals surface area contributed by atoms with Crippen molar-refractivity contribution in [2.24, 2.45) is 5.92 Å². The van der Waals surface area contributed by atoms with Gasteiger partial charge in [-0.05, 0) is 51.9 Å². The molecule has 0 bridgehead atoms. The first-order chi connectivity index (χ1) is 8.20. The third kappa shape index (κ3) is 3.08. The highest BCUT2D eigenvalue weighted by molar-refractivity contribution is 5.25. The Bertz CT molecular complexity index is 362. The van der Waals surface area contributed by atoms with Crippen LogP contribution < -0.4 is 5.32 Å². The monoisotopic (exact) mass is 232 g/mol. The highest BCUT2D eigenvalue weighted by Gasteiger charge is 2.25. The predicted octanol–water partition coefficient (Wildman–Crippen LogP) is 2.60. The molecule has 2 atom stereocenters. The third-order valence-corrected chi connectivity index (χ3v) is 3.84. The topological polar surface area (TPSA) is 15.3 Å². The zero-order valence-corrected chi connectivity index (χ0v) is 11.2. The van der Waals surface area contributed by atoms with Gasteiger partial charge in [0.2, 0.25) is 0 Å². The van der Waals surface area contributed by atoms with Gasteiger partial charge in [0.1, 0.15) is 0 Å². The quantitative estimate of drug-likeness (QED) is 0.862. The average molecular weight is 232 g/mol. The molecule has 2 rings (SSSR count). The zero-order valence-electron chi connectivity index (χ0n) is 11.2. The maximum absolute atomic E-state index is 3.51. The van der Waals surface area contributed by atoms with Crippen molar-refractivity contribution in [2.45, 2.75) is 25.8 Å². The van der Waals surface area contributed by atoms with E-state index in [4.69, 9.17) is 0 Å². The van der Waals surface area contributed by atoms with Gasteiger partial charge in [0, 0.05) is 12.6 Å². The van der Waals surface area contributed by atoms with Crippen molar-refractivity contribution in [1.29, 1.82) is 0 Å². The summed E-state index contributed by atoms with van der Waals surface area (Å²) in [4.78, 5) is 2.45. The van der Waals surface area contributed by atoms with Crippen LogP contribution in [0.4, 0.5) is 0 Å². The van der Waals surface area contributed by atoms with Gasteiger partial charge < -0.3 is 10.2 Å². The number of likely N-dealkylation sites (tertiary alicyclic amines) is 1. The van der Waals surface area contributed by atoms with Crippen LogP contribution in [-0.2, 0) is 0 Å². The summed E-state index contributed by atoms with van der Waals surface area (Å²) in [5, 5.41) is 3.51. The Morgan fingerprint density at radius 1 is 1.41 bits per heavy atom. The molecule has 0 aromatic heterocycles. The van der Waals surface area contributed by atoms with Crippen molar-refractivity contribution >= 4 is 0 Å². The molecular formula is C15H24N2. The molecule has 1 saturated heterocycles. The number of hydrogen-bond donors (Lipinski definition) is 1. The van der Waals surface area contributed by atoms with E-state index in [0.29, 0.717) is 6.04 Å². The standard InChI is InChI=1S/C15H24N2/c1-12-6-4-7-13(10-12)15(16-2)14-8-5-9-17(3)11-14/h4,6-7,10,14-16H,5,8-9,11H2,1-3H3. The molecule has 17 heavy (non-hydrogen) atoms. The average Bonchev–Trinajstić information content (AvgIpc) is 2.30. The SMILES string of the molecule is CNC(c1cccc(C)c1)C1CCCN(C)C1. The van der Waals surface area contributed by atoms with E-state index in [2.05, 4.69) is 55.5 Å². The number of nitrogens with zero attached hydrogens (tertiary/aromatic N) is 1. The summed E-state index contributed by atoms with van der Waals surface area (Å²) in [5.74, 6) is 0.737. The molecule has 0 radical (unpaired) electrons. The van der Waals surface area contributed by atoms with E-state index in [0.717, 1.165) is 5.92 Å². The molecule has 0 amide bonds. The van der Waals surface area contributed by atoms with Gasteiger partial charge in [-0.3, -0.25) is 0 Å². The summed E-state index contributed by atoms with van der Waals surface area (Å²) in [5.41, 5.74) is 2.79. The maximum Gasteiger partial charge on any atom is 0.0358 e. The maximum atomic E-state index is 3.51. The van der Waals surface area contributed by atoms with Gasteiger partial charge in [-0.1, -0.05) is 29.8 Å². The van der Waals surface area contributed by atoms with E-state index in [1.54, 1.807) is 0 Å². The van der Waals surface area contributed by atoms with Gasteiger partial charge >= 0.3 is 0 Å². The molecule has 1 N–H and O–H groups in total. The normalized spacial score (nSPS) is 23.6. The lowest BCUT2D eigenvalue weighted by Crippen LogP contribution is -2.38. The summed E-state index contributed by atoms with van der Waals surface area (Å²) < 4.78 is 0. The second kappa shape index (κ2) is 5.65. The molecule has 2 nitrogen and oxygen atoms in total. The molecule has 0 aliphatic carbocycles. The van der Waals surface area contributed by atoms with E-state index in [1.807, 2.05) is 0 Å². The number of benzene rings is 1. The largest absolute Gasteiger partial charge is 0.313 e. The summed E-state index contributed by atoms with van der Waals surface area (Å²) in [6, 6.07) is 9.40. The summed E-state index contributed by atoms with van der Waals surface area (Å²) in [6.07, 6.45) is 2.66. The Morgan fingerprint density at radius 2 is 2.24 bits per heavy atom. The molecule has 1 fully saturated rings. The van der Waals surface area contributed by atoms with E-state index in [1.165, 1.54) is 37.1 Å². The first kappa shape index (κ1) is 12.6. The third-order valence-electron chi connectivity index (χ3n) is 3.84. The van der Waals surface area contributed by atoms with E-state index in [9.17, 15) is 0 Å². The van der Waals surface area contributed by atoms with Gasteiger partial charge in [-0.15, -0.1) is 0 Å². The molecule has 1 aliphatic heterocycles. The minimum atomic E-state index is 0.498. The van der Waals surface area contributed by atoms with E-state index >= 15 is 0 Å². The number of hydrogen-bond acceptors (Lipinski definition) is 2. The van der Waals surface area contributed by atoms with Crippen LogP contribution in [0.3, 0.4) is 0 Å².